The van der Waals surface area contributed by atoms with Crippen LogP contribution >= 0.6 is 0 Å². The van der Waals surface area contributed by atoms with Gasteiger partial charge in [0.2, 0.25) is 0 Å². The minimum atomic E-state index is 0.548. The molecule has 0 saturated carbocycles. The third-order valence-electron chi connectivity index (χ3n) is 9.77. The maximum atomic E-state index is 6.24. The van der Waals surface area contributed by atoms with Gasteiger partial charge in [-0.15, -0.1) is 0 Å². The van der Waals surface area contributed by atoms with Crippen molar-refractivity contribution in [3.8, 4) is 39.9 Å². The average molecular weight is 656 g/mol. The van der Waals surface area contributed by atoms with E-state index < -0.39 is 0 Å². The Morgan fingerprint density at radius 1 is 0.392 bits per heavy atom. The van der Waals surface area contributed by atoms with Gasteiger partial charge in [-0.3, -0.25) is 4.98 Å². The van der Waals surface area contributed by atoms with E-state index in [4.69, 9.17) is 23.8 Å². The highest BCUT2D eigenvalue weighted by molar-refractivity contribution is 6.09. The summed E-state index contributed by atoms with van der Waals surface area (Å²) >= 11 is 0. The second kappa shape index (κ2) is 10.7. The van der Waals surface area contributed by atoms with Crippen molar-refractivity contribution in [2.24, 2.45) is 0 Å². The summed E-state index contributed by atoms with van der Waals surface area (Å²) in [7, 11) is 0. The first-order valence-corrected chi connectivity index (χ1v) is 16.8. The van der Waals surface area contributed by atoms with Gasteiger partial charge in [-0.25, -0.2) is 15.0 Å². The quantitative estimate of drug-likeness (QED) is 0.188. The van der Waals surface area contributed by atoms with Crippen LogP contribution in [0.3, 0.4) is 0 Å². The van der Waals surface area contributed by atoms with Gasteiger partial charge in [0.25, 0.3) is 0 Å². The molecule has 0 bridgehead atoms. The number of benzene rings is 6. The molecular formula is C44H25N5O2. The summed E-state index contributed by atoms with van der Waals surface area (Å²) in [6.07, 6.45) is 3.57. The second-order valence-corrected chi connectivity index (χ2v) is 12.7. The van der Waals surface area contributed by atoms with Crippen LogP contribution in [-0.4, -0.2) is 24.5 Å². The monoisotopic (exact) mass is 655 g/mol. The molecule has 0 aliphatic rings. The molecule has 5 heterocycles. The molecule has 5 aromatic heterocycles. The average Bonchev–Trinajstić information content (AvgIpc) is 3.87. The molecule has 11 aromatic rings. The van der Waals surface area contributed by atoms with E-state index in [2.05, 4.69) is 94.5 Å². The smallest absolute Gasteiger partial charge is 0.164 e. The molecule has 11 rings (SSSR count). The Labute approximate surface area is 290 Å². The van der Waals surface area contributed by atoms with E-state index in [0.29, 0.717) is 17.5 Å². The molecule has 0 atom stereocenters. The van der Waals surface area contributed by atoms with Crippen LogP contribution in [0.4, 0.5) is 0 Å². The molecule has 0 radical (unpaired) electrons. The van der Waals surface area contributed by atoms with Crippen molar-refractivity contribution in [2.45, 2.75) is 0 Å². The van der Waals surface area contributed by atoms with Gasteiger partial charge in [-0.2, -0.15) is 0 Å². The Morgan fingerprint density at radius 3 is 1.53 bits per heavy atom. The number of para-hydroxylation sites is 3. The minimum Gasteiger partial charge on any atom is -0.456 e. The van der Waals surface area contributed by atoms with Gasteiger partial charge >= 0.3 is 0 Å². The van der Waals surface area contributed by atoms with Gasteiger partial charge in [0.15, 0.2) is 17.5 Å². The van der Waals surface area contributed by atoms with E-state index in [1.807, 2.05) is 60.8 Å². The molecule has 0 unspecified atom stereocenters. The lowest BCUT2D eigenvalue weighted by Crippen LogP contribution is -2.00. The molecule has 0 N–H and O–H groups in total. The molecule has 51 heavy (non-hydrogen) atoms. The van der Waals surface area contributed by atoms with Gasteiger partial charge in [-0.05, 0) is 72.8 Å². The second-order valence-electron chi connectivity index (χ2n) is 12.7. The Bertz CT molecular complexity index is 2970. The lowest BCUT2D eigenvalue weighted by molar-refractivity contribution is 0.668. The summed E-state index contributed by atoms with van der Waals surface area (Å²) in [5.74, 6) is 1.67. The van der Waals surface area contributed by atoms with Crippen molar-refractivity contribution in [3.63, 3.8) is 0 Å². The fourth-order valence-electron chi connectivity index (χ4n) is 7.35. The molecular weight excluding hydrogens is 631 g/mol. The normalized spacial score (nSPS) is 11.9. The topological polar surface area (TPSA) is 82.8 Å². The summed E-state index contributed by atoms with van der Waals surface area (Å²) in [6.45, 7) is 0. The Hall–Kier alpha value is -7.12. The largest absolute Gasteiger partial charge is 0.456 e. The first-order chi connectivity index (χ1) is 25.2. The molecule has 7 nitrogen and oxygen atoms in total. The van der Waals surface area contributed by atoms with Crippen LogP contribution in [0, 0.1) is 0 Å². The van der Waals surface area contributed by atoms with E-state index in [0.717, 1.165) is 77.3 Å². The minimum absolute atomic E-state index is 0.548. The van der Waals surface area contributed by atoms with Crippen LogP contribution in [0.15, 0.2) is 161 Å². The number of pyridine rings is 1. The van der Waals surface area contributed by atoms with Crippen LogP contribution in [0.25, 0.3) is 106 Å². The number of furan rings is 2. The molecule has 0 amide bonds. The molecule has 238 valence electrons. The van der Waals surface area contributed by atoms with Gasteiger partial charge in [-0.1, -0.05) is 66.7 Å². The van der Waals surface area contributed by atoms with Gasteiger partial charge in [0.05, 0.1) is 11.0 Å². The third kappa shape index (κ3) is 4.31. The maximum Gasteiger partial charge on any atom is 0.164 e. The Morgan fingerprint density at radius 2 is 0.882 bits per heavy atom. The van der Waals surface area contributed by atoms with E-state index in [1.54, 1.807) is 6.20 Å². The fourth-order valence-corrected chi connectivity index (χ4v) is 7.35. The van der Waals surface area contributed by atoms with Crippen LogP contribution < -0.4 is 0 Å². The summed E-state index contributed by atoms with van der Waals surface area (Å²) in [4.78, 5) is 19.4. The van der Waals surface area contributed by atoms with Crippen molar-refractivity contribution in [1.29, 1.82) is 0 Å². The van der Waals surface area contributed by atoms with Crippen LogP contribution in [0.5, 0.6) is 0 Å². The zero-order valence-electron chi connectivity index (χ0n) is 27.0. The highest BCUT2D eigenvalue weighted by atomic mass is 16.3. The zero-order chi connectivity index (χ0) is 33.5. The first-order valence-electron chi connectivity index (χ1n) is 16.8. The van der Waals surface area contributed by atoms with Crippen LogP contribution in [0.2, 0.25) is 0 Å². The van der Waals surface area contributed by atoms with Crippen molar-refractivity contribution >= 4 is 65.7 Å². The van der Waals surface area contributed by atoms with E-state index in [-0.39, 0.29) is 0 Å². The number of hydrogen-bond donors (Lipinski definition) is 0. The molecule has 0 aliphatic heterocycles. The Kier molecular flexibility index (Phi) is 5.83. The van der Waals surface area contributed by atoms with E-state index in [9.17, 15) is 0 Å². The molecule has 0 saturated heterocycles. The molecule has 6 aromatic carbocycles. The summed E-state index contributed by atoms with van der Waals surface area (Å²) in [5, 5.41) is 6.54. The predicted octanol–water partition coefficient (Wildman–Crippen LogP) is 11.2. The van der Waals surface area contributed by atoms with Crippen LogP contribution in [0.1, 0.15) is 0 Å². The molecule has 7 heteroatoms. The number of nitrogens with zero attached hydrogens (tertiary/aromatic N) is 5. The highest BCUT2D eigenvalue weighted by Gasteiger charge is 2.17. The van der Waals surface area contributed by atoms with Gasteiger partial charge < -0.3 is 13.4 Å². The number of aromatic nitrogens is 5. The van der Waals surface area contributed by atoms with Crippen molar-refractivity contribution in [2.75, 3.05) is 0 Å². The zero-order valence-corrected chi connectivity index (χ0v) is 27.0. The standard InChI is InChI=1S/C44H25N5O2/c1-4-10-36-30(7-1)31-8-2-5-11-37(31)49(36)29-17-13-26(14-18-29)42-46-43(27-15-19-33-32-9-3-6-12-38(32)50-40(33)23-27)48-44(47-42)28-16-20-34-35-25-45-22-21-39(35)51-41(34)24-28/h1-25H. The lowest BCUT2D eigenvalue weighted by atomic mass is 10.1. The highest BCUT2D eigenvalue weighted by Crippen LogP contribution is 2.36. The summed E-state index contributed by atoms with van der Waals surface area (Å²) in [5.41, 5.74) is 9.09. The SMILES string of the molecule is c1ccc2c(c1)oc1cc(-c3nc(-c4ccc(-n5c6ccccc6c6ccccc65)cc4)nc(-c4ccc5c(c4)oc4ccncc45)n3)ccc12. The summed E-state index contributed by atoms with van der Waals surface area (Å²) in [6, 6.07) is 47.6. The number of fused-ring (bicyclic) bond motifs is 9. The van der Waals surface area contributed by atoms with Gasteiger partial charge in [0, 0.05) is 67.1 Å². The molecule has 0 aliphatic carbocycles. The summed E-state index contributed by atoms with van der Waals surface area (Å²) < 4.78 is 14.7. The number of rotatable bonds is 4. The molecule has 0 spiro atoms. The van der Waals surface area contributed by atoms with Crippen molar-refractivity contribution < 1.29 is 8.83 Å². The molecule has 0 fully saturated rings. The Balaban J connectivity index is 1.08. The fraction of sp³-hybridized carbons (Fsp3) is 0. The first kappa shape index (κ1) is 27.8. The maximum absolute atomic E-state index is 6.24. The number of hydrogen-bond acceptors (Lipinski definition) is 6. The van der Waals surface area contributed by atoms with Crippen molar-refractivity contribution in [1.82, 2.24) is 24.5 Å². The van der Waals surface area contributed by atoms with Crippen LogP contribution in [-0.2, 0) is 0 Å². The lowest BCUT2D eigenvalue weighted by Gasteiger charge is -2.11. The van der Waals surface area contributed by atoms with Crippen molar-refractivity contribution in [3.05, 3.63) is 152 Å². The predicted molar refractivity (Wildman–Crippen MR) is 203 cm³/mol. The third-order valence-corrected chi connectivity index (χ3v) is 9.77. The van der Waals surface area contributed by atoms with E-state index in [1.165, 1.54) is 10.8 Å². The van der Waals surface area contributed by atoms with E-state index >= 15 is 0 Å². The van der Waals surface area contributed by atoms with Gasteiger partial charge in [0.1, 0.15) is 22.3 Å².